The fourth-order valence-electron chi connectivity index (χ4n) is 3.05. The monoisotopic (exact) mass is 430 g/mol. The number of anilines is 1. The van der Waals surface area contributed by atoms with Crippen LogP contribution < -0.4 is 10.1 Å². The van der Waals surface area contributed by atoms with Crippen LogP contribution in [0.4, 0.5) is 5.69 Å². The van der Waals surface area contributed by atoms with Gasteiger partial charge in [-0.3, -0.25) is 9.59 Å². The second-order valence-electron chi connectivity index (χ2n) is 6.60. The van der Waals surface area contributed by atoms with Crippen molar-refractivity contribution in [1.29, 1.82) is 0 Å². The maximum absolute atomic E-state index is 12.8. The van der Waals surface area contributed by atoms with E-state index in [-0.39, 0.29) is 11.8 Å². The molecule has 1 heterocycles. The van der Waals surface area contributed by atoms with E-state index in [1.807, 2.05) is 29.2 Å². The predicted molar refractivity (Wildman–Crippen MR) is 109 cm³/mol. The summed E-state index contributed by atoms with van der Waals surface area (Å²) in [5.41, 5.74) is 1.04. The Morgan fingerprint density at radius 2 is 1.70 bits per heavy atom. The van der Waals surface area contributed by atoms with Crippen LogP contribution in [0.15, 0.2) is 53.0 Å². The first-order valence-corrected chi connectivity index (χ1v) is 9.95. The number of rotatable bonds is 5. The molecular formula is C21H23BrN2O3. The summed E-state index contributed by atoms with van der Waals surface area (Å²) in [7, 11) is 0. The summed E-state index contributed by atoms with van der Waals surface area (Å²) in [5.74, 6) is 0.280. The minimum atomic E-state index is -0.690. The van der Waals surface area contributed by atoms with Crippen LogP contribution in [-0.4, -0.2) is 35.9 Å². The first-order chi connectivity index (χ1) is 13.0. The maximum atomic E-state index is 12.8. The lowest BCUT2D eigenvalue weighted by Crippen LogP contribution is -2.36. The van der Waals surface area contributed by atoms with Crippen molar-refractivity contribution in [2.24, 2.45) is 0 Å². The molecule has 2 amide bonds. The normalized spacial score (nSPS) is 15.1. The topological polar surface area (TPSA) is 58.6 Å². The van der Waals surface area contributed by atoms with Crippen LogP contribution in [-0.2, 0) is 4.79 Å². The summed E-state index contributed by atoms with van der Waals surface area (Å²) in [6.07, 6.45) is 2.52. The molecule has 142 valence electrons. The molecule has 1 saturated heterocycles. The number of likely N-dealkylation sites (tertiary alicyclic amines) is 1. The van der Waals surface area contributed by atoms with Gasteiger partial charge in [-0.2, -0.15) is 0 Å². The summed E-state index contributed by atoms with van der Waals surface area (Å²) < 4.78 is 6.63. The van der Waals surface area contributed by atoms with Gasteiger partial charge in [0.2, 0.25) is 0 Å². The summed E-state index contributed by atoms with van der Waals surface area (Å²) in [5, 5.41) is 2.84. The van der Waals surface area contributed by atoms with Crippen LogP contribution in [0.2, 0.25) is 0 Å². The number of carbonyl (C=O) groups excluding carboxylic acids is 2. The standard InChI is InChI=1S/C21H23BrN2O3/c1-15(27-17-11-9-16(22)10-12-17)20(25)23-19-8-4-3-7-18(19)21(26)24-13-5-2-6-14-24/h3-4,7-12,15H,2,5-6,13-14H2,1H3,(H,23,25)/t15-/m0/s1. The third kappa shape index (κ3) is 5.10. The minimum absolute atomic E-state index is 0.0351. The quantitative estimate of drug-likeness (QED) is 0.760. The molecule has 27 heavy (non-hydrogen) atoms. The number of hydrogen-bond donors (Lipinski definition) is 1. The van der Waals surface area contributed by atoms with Crippen molar-refractivity contribution in [3.8, 4) is 5.75 Å². The smallest absolute Gasteiger partial charge is 0.265 e. The van der Waals surface area contributed by atoms with Gasteiger partial charge in [0.15, 0.2) is 6.10 Å². The van der Waals surface area contributed by atoms with E-state index >= 15 is 0 Å². The fourth-order valence-corrected chi connectivity index (χ4v) is 3.32. The lowest BCUT2D eigenvalue weighted by atomic mass is 10.1. The van der Waals surface area contributed by atoms with E-state index in [1.54, 1.807) is 31.2 Å². The van der Waals surface area contributed by atoms with Crippen LogP contribution in [0.1, 0.15) is 36.5 Å². The van der Waals surface area contributed by atoms with Crippen molar-refractivity contribution in [2.45, 2.75) is 32.3 Å². The van der Waals surface area contributed by atoms with E-state index < -0.39 is 6.10 Å². The number of ether oxygens (including phenoxy) is 1. The number of hydrogen-bond acceptors (Lipinski definition) is 3. The Hall–Kier alpha value is -2.34. The number of nitrogens with zero attached hydrogens (tertiary/aromatic N) is 1. The first kappa shape index (κ1) is 19.4. The molecule has 1 aliphatic heterocycles. The van der Waals surface area contributed by atoms with Gasteiger partial charge >= 0.3 is 0 Å². The van der Waals surface area contributed by atoms with Crippen LogP contribution in [0.5, 0.6) is 5.75 Å². The zero-order chi connectivity index (χ0) is 19.2. The molecule has 0 bridgehead atoms. The highest BCUT2D eigenvalue weighted by Crippen LogP contribution is 2.21. The fraction of sp³-hybridized carbons (Fsp3) is 0.333. The Balaban J connectivity index is 1.68. The van der Waals surface area contributed by atoms with Crippen LogP contribution in [0.25, 0.3) is 0 Å². The number of halogens is 1. The average Bonchev–Trinajstić information content (AvgIpc) is 2.70. The Labute approximate surface area is 167 Å². The van der Waals surface area contributed by atoms with Crippen molar-refractivity contribution in [1.82, 2.24) is 4.90 Å². The number of amides is 2. The van der Waals surface area contributed by atoms with Gasteiger partial charge in [-0.05, 0) is 62.6 Å². The van der Waals surface area contributed by atoms with Crippen molar-refractivity contribution in [3.05, 3.63) is 58.6 Å². The molecular weight excluding hydrogens is 408 g/mol. The van der Waals surface area contributed by atoms with Crippen LogP contribution >= 0.6 is 15.9 Å². The molecule has 5 nitrogen and oxygen atoms in total. The van der Waals surface area contributed by atoms with Crippen LogP contribution in [0, 0.1) is 0 Å². The van der Waals surface area contributed by atoms with Gasteiger partial charge in [0, 0.05) is 17.6 Å². The zero-order valence-electron chi connectivity index (χ0n) is 15.3. The first-order valence-electron chi connectivity index (χ1n) is 9.16. The van der Waals surface area contributed by atoms with Crippen molar-refractivity contribution < 1.29 is 14.3 Å². The lowest BCUT2D eigenvalue weighted by molar-refractivity contribution is -0.122. The van der Waals surface area contributed by atoms with Gasteiger partial charge in [-0.25, -0.2) is 0 Å². The number of piperidine rings is 1. The van der Waals surface area contributed by atoms with Gasteiger partial charge in [0.1, 0.15) is 5.75 Å². The molecule has 0 aliphatic carbocycles. The highest BCUT2D eigenvalue weighted by Gasteiger charge is 2.22. The SMILES string of the molecule is C[C@H](Oc1ccc(Br)cc1)C(=O)Nc1ccccc1C(=O)N1CCCCC1. The van der Waals surface area contributed by atoms with Crippen molar-refractivity contribution in [2.75, 3.05) is 18.4 Å². The second-order valence-corrected chi connectivity index (χ2v) is 7.52. The van der Waals surface area contributed by atoms with Crippen LogP contribution in [0.3, 0.4) is 0 Å². The van der Waals surface area contributed by atoms with Gasteiger partial charge in [-0.15, -0.1) is 0 Å². The Bertz CT molecular complexity index is 801. The third-order valence-corrected chi connectivity index (χ3v) is 5.08. The van der Waals surface area contributed by atoms with E-state index in [0.29, 0.717) is 17.0 Å². The molecule has 1 N–H and O–H groups in total. The molecule has 3 rings (SSSR count). The molecule has 1 fully saturated rings. The number of carbonyl (C=O) groups is 2. The lowest BCUT2D eigenvalue weighted by Gasteiger charge is -2.27. The Kier molecular flexibility index (Phi) is 6.50. The minimum Gasteiger partial charge on any atom is -0.481 e. The molecule has 0 aromatic heterocycles. The van der Waals surface area contributed by atoms with Crippen molar-refractivity contribution in [3.63, 3.8) is 0 Å². The van der Waals surface area contributed by atoms with Crippen molar-refractivity contribution >= 4 is 33.4 Å². The van der Waals surface area contributed by atoms with Gasteiger partial charge in [0.05, 0.1) is 11.3 Å². The number of para-hydroxylation sites is 1. The summed E-state index contributed by atoms with van der Waals surface area (Å²) in [6.45, 7) is 3.22. The van der Waals surface area contributed by atoms with Gasteiger partial charge < -0.3 is 15.0 Å². The second kappa shape index (κ2) is 9.04. The zero-order valence-corrected chi connectivity index (χ0v) is 16.9. The summed E-state index contributed by atoms with van der Waals surface area (Å²) >= 11 is 3.37. The highest BCUT2D eigenvalue weighted by molar-refractivity contribution is 9.10. The molecule has 0 radical (unpaired) electrons. The van der Waals surface area contributed by atoms with Gasteiger partial charge in [-0.1, -0.05) is 28.1 Å². The molecule has 0 unspecified atom stereocenters. The maximum Gasteiger partial charge on any atom is 0.265 e. The largest absolute Gasteiger partial charge is 0.481 e. The third-order valence-electron chi connectivity index (χ3n) is 4.55. The van der Waals surface area contributed by atoms with E-state index in [9.17, 15) is 9.59 Å². The van der Waals surface area contributed by atoms with Gasteiger partial charge in [0.25, 0.3) is 11.8 Å². The summed E-state index contributed by atoms with van der Waals surface area (Å²) in [4.78, 5) is 27.3. The molecule has 2 aromatic carbocycles. The molecule has 1 atom stereocenters. The molecule has 2 aromatic rings. The highest BCUT2D eigenvalue weighted by atomic mass is 79.9. The number of benzene rings is 2. The molecule has 6 heteroatoms. The van der Waals surface area contributed by atoms with E-state index in [4.69, 9.17) is 4.74 Å². The number of nitrogens with one attached hydrogen (secondary N) is 1. The molecule has 0 saturated carbocycles. The molecule has 0 spiro atoms. The van der Waals surface area contributed by atoms with E-state index in [2.05, 4.69) is 21.2 Å². The molecule has 1 aliphatic rings. The van der Waals surface area contributed by atoms with E-state index in [0.717, 1.165) is 36.8 Å². The predicted octanol–water partition coefficient (Wildman–Crippen LogP) is 4.48. The Morgan fingerprint density at radius 1 is 1.04 bits per heavy atom. The summed E-state index contributed by atoms with van der Waals surface area (Å²) in [6, 6.07) is 14.4. The van der Waals surface area contributed by atoms with E-state index in [1.165, 1.54) is 0 Å². The average molecular weight is 431 g/mol. The Morgan fingerprint density at radius 3 is 2.41 bits per heavy atom.